The molecular weight excluding hydrogens is 342 g/mol. The van der Waals surface area contributed by atoms with E-state index in [4.69, 9.17) is 4.74 Å². The summed E-state index contributed by atoms with van der Waals surface area (Å²) in [6.07, 6.45) is 3.99. The van der Waals surface area contributed by atoms with Crippen LogP contribution < -0.4 is 4.74 Å². The average molecular weight is 367 g/mol. The Labute approximate surface area is 159 Å². The number of carbonyl (C=O) groups excluding carboxylic acids is 2. The molecule has 1 aliphatic heterocycles. The summed E-state index contributed by atoms with van der Waals surface area (Å²) in [7, 11) is 1.63. The molecule has 0 bridgehead atoms. The first-order valence-corrected chi connectivity index (χ1v) is 9.15. The van der Waals surface area contributed by atoms with Crippen LogP contribution in [-0.2, 0) is 0 Å². The molecule has 2 heterocycles. The third kappa shape index (κ3) is 4.10. The molecule has 1 fully saturated rings. The van der Waals surface area contributed by atoms with Gasteiger partial charge in [-0.05, 0) is 55.7 Å². The lowest BCUT2D eigenvalue weighted by atomic mass is 10.0. The third-order valence-electron chi connectivity index (χ3n) is 4.95. The van der Waals surface area contributed by atoms with Crippen molar-refractivity contribution in [3.8, 4) is 5.75 Å². The van der Waals surface area contributed by atoms with Crippen LogP contribution in [-0.4, -0.2) is 59.9 Å². The van der Waals surface area contributed by atoms with E-state index in [-0.39, 0.29) is 11.8 Å². The van der Waals surface area contributed by atoms with Crippen molar-refractivity contribution in [1.82, 2.24) is 14.8 Å². The summed E-state index contributed by atoms with van der Waals surface area (Å²) in [5.74, 6) is 0.760. The molecule has 2 aromatic rings. The molecule has 27 heavy (non-hydrogen) atoms. The Kier molecular flexibility index (Phi) is 5.74. The maximum Gasteiger partial charge on any atom is 0.255 e. The van der Waals surface area contributed by atoms with Gasteiger partial charge in [0.15, 0.2) is 0 Å². The molecule has 2 amide bonds. The highest BCUT2D eigenvalue weighted by atomic mass is 16.5. The van der Waals surface area contributed by atoms with Gasteiger partial charge in [-0.1, -0.05) is 0 Å². The van der Waals surface area contributed by atoms with Gasteiger partial charge in [0.1, 0.15) is 5.75 Å². The van der Waals surface area contributed by atoms with E-state index in [0.29, 0.717) is 37.3 Å². The summed E-state index contributed by atoms with van der Waals surface area (Å²) in [4.78, 5) is 33.3. The Balaban J connectivity index is 1.72. The number of aromatic nitrogens is 1. The number of pyridine rings is 1. The monoisotopic (exact) mass is 367 g/mol. The first kappa shape index (κ1) is 18.9. The molecule has 1 saturated heterocycles. The second kappa shape index (κ2) is 8.20. The van der Waals surface area contributed by atoms with E-state index in [1.54, 1.807) is 36.5 Å². The minimum atomic E-state index is -0.0335. The lowest BCUT2D eigenvalue weighted by Gasteiger charge is -2.23. The van der Waals surface area contributed by atoms with Crippen molar-refractivity contribution in [1.29, 1.82) is 0 Å². The van der Waals surface area contributed by atoms with E-state index >= 15 is 0 Å². The highest BCUT2D eigenvalue weighted by Gasteiger charge is 2.24. The van der Waals surface area contributed by atoms with Crippen molar-refractivity contribution in [2.75, 3.05) is 33.3 Å². The van der Waals surface area contributed by atoms with Crippen molar-refractivity contribution < 1.29 is 14.3 Å². The molecule has 0 atom stereocenters. The number of methoxy groups -OCH3 is 1. The van der Waals surface area contributed by atoms with Crippen LogP contribution in [0.1, 0.15) is 38.3 Å². The smallest absolute Gasteiger partial charge is 0.255 e. The van der Waals surface area contributed by atoms with Crippen molar-refractivity contribution in [2.24, 2.45) is 0 Å². The second-order valence-corrected chi connectivity index (χ2v) is 6.82. The number of ether oxygens (including phenoxy) is 1. The SMILES string of the molecule is COc1cc(C)c(C(=O)N2CCCN(C(=O)c3cccnc3)CC2)cc1C. The van der Waals surface area contributed by atoms with Crippen LogP contribution in [0.15, 0.2) is 36.7 Å². The number of hydrogen-bond donors (Lipinski definition) is 0. The van der Waals surface area contributed by atoms with Crippen molar-refractivity contribution >= 4 is 11.8 Å². The molecule has 0 spiro atoms. The minimum absolute atomic E-state index is 0.00827. The Morgan fingerprint density at radius 1 is 1.00 bits per heavy atom. The highest BCUT2D eigenvalue weighted by Crippen LogP contribution is 2.24. The van der Waals surface area contributed by atoms with E-state index in [2.05, 4.69) is 4.98 Å². The zero-order valence-electron chi connectivity index (χ0n) is 16.1. The molecule has 0 unspecified atom stereocenters. The van der Waals surface area contributed by atoms with Crippen LogP contribution in [0.25, 0.3) is 0 Å². The van der Waals surface area contributed by atoms with Gasteiger partial charge >= 0.3 is 0 Å². The predicted octanol–water partition coefficient (Wildman–Crippen LogP) is 2.70. The predicted molar refractivity (Wildman–Crippen MR) is 103 cm³/mol. The summed E-state index contributed by atoms with van der Waals surface area (Å²) in [6.45, 7) is 6.18. The molecule has 6 nitrogen and oxygen atoms in total. The number of rotatable bonds is 3. The van der Waals surface area contributed by atoms with Crippen LogP contribution >= 0.6 is 0 Å². The van der Waals surface area contributed by atoms with Gasteiger partial charge in [0.2, 0.25) is 0 Å². The van der Waals surface area contributed by atoms with Crippen LogP contribution in [0.2, 0.25) is 0 Å². The molecule has 1 aromatic carbocycles. The summed E-state index contributed by atoms with van der Waals surface area (Å²) in [6, 6.07) is 7.32. The zero-order chi connectivity index (χ0) is 19.4. The summed E-state index contributed by atoms with van der Waals surface area (Å²) in [5.41, 5.74) is 3.11. The largest absolute Gasteiger partial charge is 0.496 e. The molecule has 0 aliphatic carbocycles. The summed E-state index contributed by atoms with van der Waals surface area (Å²) in [5, 5.41) is 0. The summed E-state index contributed by atoms with van der Waals surface area (Å²) < 4.78 is 5.33. The lowest BCUT2D eigenvalue weighted by molar-refractivity contribution is 0.0718. The Hall–Kier alpha value is -2.89. The van der Waals surface area contributed by atoms with E-state index in [1.165, 1.54) is 0 Å². The normalized spacial score (nSPS) is 14.6. The van der Waals surface area contributed by atoms with Gasteiger partial charge in [-0.3, -0.25) is 14.6 Å². The van der Waals surface area contributed by atoms with E-state index in [0.717, 1.165) is 23.3 Å². The fourth-order valence-corrected chi connectivity index (χ4v) is 3.41. The molecular formula is C21H25N3O3. The van der Waals surface area contributed by atoms with Crippen LogP contribution in [0.4, 0.5) is 0 Å². The third-order valence-corrected chi connectivity index (χ3v) is 4.95. The van der Waals surface area contributed by atoms with Crippen LogP contribution in [0.5, 0.6) is 5.75 Å². The van der Waals surface area contributed by atoms with Gasteiger partial charge < -0.3 is 14.5 Å². The Bertz CT molecular complexity index is 836. The van der Waals surface area contributed by atoms with Crippen LogP contribution in [0, 0.1) is 13.8 Å². The first-order chi connectivity index (χ1) is 13.0. The highest BCUT2D eigenvalue weighted by molar-refractivity contribution is 5.96. The molecule has 1 aliphatic rings. The maximum absolute atomic E-state index is 13.0. The number of benzene rings is 1. The van der Waals surface area contributed by atoms with Gasteiger partial charge in [0, 0.05) is 44.1 Å². The number of nitrogens with zero attached hydrogens (tertiary/aromatic N) is 3. The van der Waals surface area contributed by atoms with Gasteiger partial charge in [-0.2, -0.15) is 0 Å². The summed E-state index contributed by atoms with van der Waals surface area (Å²) >= 11 is 0. The van der Waals surface area contributed by atoms with E-state index < -0.39 is 0 Å². The van der Waals surface area contributed by atoms with Crippen molar-refractivity contribution in [2.45, 2.75) is 20.3 Å². The Morgan fingerprint density at radius 3 is 2.33 bits per heavy atom. The Morgan fingerprint density at radius 2 is 1.70 bits per heavy atom. The standard InChI is InChI=1S/C21H25N3O3/c1-15-13-19(27-3)16(2)12-18(15)21(26)24-9-5-8-23(10-11-24)20(25)17-6-4-7-22-14-17/h4,6-7,12-14H,5,8-11H2,1-3H3. The fraction of sp³-hybridized carbons (Fsp3) is 0.381. The molecule has 142 valence electrons. The number of carbonyl (C=O) groups is 2. The van der Waals surface area contributed by atoms with Crippen LogP contribution in [0.3, 0.4) is 0 Å². The van der Waals surface area contributed by atoms with E-state index in [1.807, 2.05) is 30.9 Å². The van der Waals surface area contributed by atoms with Gasteiger partial charge in [0.25, 0.3) is 11.8 Å². The zero-order valence-corrected chi connectivity index (χ0v) is 16.1. The van der Waals surface area contributed by atoms with Crippen molar-refractivity contribution in [3.63, 3.8) is 0 Å². The molecule has 0 radical (unpaired) electrons. The minimum Gasteiger partial charge on any atom is -0.496 e. The number of aryl methyl sites for hydroxylation is 2. The quantitative estimate of drug-likeness (QED) is 0.837. The molecule has 3 rings (SSSR count). The number of amides is 2. The lowest BCUT2D eigenvalue weighted by Crippen LogP contribution is -2.37. The van der Waals surface area contributed by atoms with Crippen molar-refractivity contribution in [3.05, 3.63) is 58.9 Å². The van der Waals surface area contributed by atoms with E-state index in [9.17, 15) is 9.59 Å². The first-order valence-electron chi connectivity index (χ1n) is 9.15. The average Bonchev–Trinajstić information content (AvgIpc) is 2.95. The molecule has 6 heteroatoms. The molecule has 0 saturated carbocycles. The second-order valence-electron chi connectivity index (χ2n) is 6.82. The van der Waals surface area contributed by atoms with Gasteiger partial charge in [-0.25, -0.2) is 0 Å². The topological polar surface area (TPSA) is 62.7 Å². The van der Waals surface area contributed by atoms with Gasteiger partial charge in [0.05, 0.1) is 12.7 Å². The maximum atomic E-state index is 13.0. The fourth-order valence-electron chi connectivity index (χ4n) is 3.41. The molecule has 0 N–H and O–H groups in total. The molecule has 1 aromatic heterocycles. The number of hydrogen-bond acceptors (Lipinski definition) is 4. The van der Waals surface area contributed by atoms with Gasteiger partial charge in [-0.15, -0.1) is 0 Å².